The van der Waals surface area contributed by atoms with E-state index in [2.05, 4.69) is 26.3 Å². The van der Waals surface area contributed by atoms with Crippen molar-refractivity contribution in [2.24, 2.45) is 0 Å². The van der Waals surface area contributed by atoms with Crippen LogP contribution in [0.1, 0.15) is 19.3 Å². The van der Waals surface area contributed by atoms with Crippen molar-refractivity contribution in [3.8, 4) is 0 Å². The average molecular weight is 359 g/mol. The summed E-state index contributed by atoms with van der Waals surface area (Å²) in [6, 6.07) is 0.338. The average Bonchev–Trinajstić information content (AvgIpc) is 2.90. The largest absolute Gasteiger partial charge is 0.381 e. The number of nitrogens with zero attached hydrogens (tertiary/aromatic N) is 3. The van der Waals surface area contributed by atoms with Crippen LogP contribution in [0, 0.1) is 0 Å². The third kappa shape index (κ3) is 4.28. The summed E-state index contributed by atoms with van der Waals surface area (Å²) in [5, 5.41) is 7.64. The van der Waals surface area contributed by atoms with Gasteiger partial charge in [-0.05, 0) is 49.3 Å². The number of rotatable bonds is 6. The highest BCUT2D eigenvalue weighted by atomic mass is 79.9. The van der Waals surface area contributed by atoms with E-state index in [1.807, 2.05) is 19.0 Å². The first-order chi connectivity index (χ1) is 10.0. The van der Waals surface area contributed by atoms with Crippen molar-refractivity contribution in [3.63, 3.8) is 0 Å². The molecular formula is C14H23BrN4O2. The summed E-state index contributed by atoms with van der Waals surface area (Å²) in [6.45, 7) is 1.37. The van der Waals surface area contributed by atoms with E-state index < -0.39 is 0 Å². The van der Waals surface area contributed by atoms with Crippen molar-refractivity contribution in [2.45, 2.75) is 38.0 Å². The second kappa shape index (κ2) is 7.38. The van der Waals surface area contributed by atoms with Gasteiger partial charge in [0.2, 0.25) is 0 Å². The number of methoxy groups -OCH3 is 1. The van der Waals surface area contributed by atoms with Gasteiger partial charge in [-0.1, -0.05) is 0 Å². The zero-order valence-corrected chi connectivity index (χ0v) is 14.4. The zero-order valence-electron chi connectivity index (χ0n) is 12.8. The van der Waals surface area contributed by atoms with Gasteiger partial charge < -0.3 is 15.0 Å². The Morgan fingerprint density at radius 2 is 2.29 bits per heavy atom. The van der Waals surface area contributed by atoms with E-state index in [9.17, 15) is 4.79 Å². The second-order valence-electron chi connectivity index (χ2n) is 5.72. The fourth-order valence-corrected chi connectivity index (χ4v) is 2.95. The molecule has 1 aliphatic rings. The lowest BCUT2D eigenvalue weighted by atomic mass is 10.2. The molecule has 6 nitrogen and oxygen atoms in total. The molecule has 7 heteroatoms. The van der Waals surface area contributed by atoms with Crippen LogP contribution in [-0.2, 0) is 11.3 Å². The number of hydrogen-bond donors (Lipinski definition) is 1. The van der Waals surface area contributed by atoms with Crippen LogP contribution >= 0.6 is 15.9 Å². The predicted octanol–water partition coefficient (Wildman–Crippen LogP) is 1.55. The number of halogens is 1. The zero-order chi connectivity index (χ0) is 15.4. The lowest BCUT2D eigenvalue weighted by molar-refractivity contribution is 0.108. The van der Waals surface area contributed by atoms with E-state index in [-0.39, 0.29) is 5.56 Å². The molecule has 0 saturated heterocycles. The minimum absolute atomic E-state index is 0.0943. The Labute approximate surface area is 133 Å². The number of aromatic nitrogens is 2. The summed E-state index contributed by atoms with van der Waals surface area (Å²) < 4.78 is 7.41. The molecule has 1 aliphatic carbocycles. The van der Waals surface area contributed by atoms with Gasteiger partial charge in [0.05, 0.1) is 24.5 Å². The summed E-state index contributed by atoms with van der Waals surface area (Å²) in [6.07, 6.45) is 5.11. The summed E-state index contributed by atoms with van der Waals surface area (Å²) in [5.41, 5.74) is 0.672. The Morgan fingerprint density at radius 3 is 2.90 bits per heavy atom. The van der Waals surface area contributed by atoms with Gasteiger partial charge in [0, 0.05) is 19.7 Å². The fraction of sp³-hybridized carbons (Fsp3) is 0.714. The summed E-state index contributed by atoms with van der Waals surface area (Å²) >= 11 is 3.40. The number of likely N-dealkylation sites (N-methyl/N-ethyl adjacent to an activating group) is 1. The molecule has 0 aromatic carbocycles. The van der Waals surface area contributed by atoms with Gasteiger partial charge in [0.25, 0.3) is 5.56 Å². The molecule has 2 rings (SSSR count). The fourth-order valence-electron chi connectivity index (χ4n) is 2.52. The van der Waals surface area contributed by atoms with E-state index in [0.717, 1.165) is 31.5 Å². The van der Waals surface area contributed by atoms with Crippen LogP contribution in [0.2, 0.25) is 0 Å². The van der Waals surface area contributed by atoms with E-state index in [4.69, 9.17) is 4.74 Å². The van der Waals surface area contributed by atoms with Gasteiger partial charge in [-0.3, -0.25) is 4.79 Å². The Hall–Kier alpha value is -0.920. The second-order valence-corrected chi connectivity index (χ2v) is 6.51. The first kappa shape index (κ1) is 16.5. The van der Waals surface area contributed by atoms with E-state index >= 15 is 0 Å². The maximum absolute atomic E-state index is 12.3. The third-order valence-corrected chi connectivity index (χ3v) is 4.59. The molecule has 1 saturated carbocycles. The van der Waals surface area contributed by atoms with Crippen molar-refractivity contribution in [2.75, 3.05) is 33.1 Å². The SMILES string of the molecule is COC1CCC(Nc2cnn(CCN(C)C)c(=O)c2Br)C1. The number of anilines is 1. The van der Waals surface area contributed by atoms with Crippen LogP contribution in [0.5, 0.6) is 0 Å². The van der Waals surface area contributed by atoms with Crippen molar-refractivity contribution < 1.29 is 4.74 Å². The Morgan fingerprint density at radius 1 is 1.52 bits per heavy atom. The molecule has 21 heavy (non-hydrogen) atoms. The molecule has 0 spiro atoms. The Bertz CT molecular complexity index is 532. The lowest BCUT2D eigenvalue weighted by Gasteiger charge is -2.16. The van der Waals surface area contributed by atoms with Gasteiger partial charge >= 0.3 is 0 Å². The highest BCUT2D eigenvalue weighted by molar-refractivity contribution is 9.10. The molecule has 0 radical (unpaired) electrons. The molecule has 1 aromatic heterocycles. The molecule has 0 aliphatic heterocycles. The highest BCUT2D eigenvalue weighted by Gasteiger charge is 2.25. The van der Waals surface area contributed by atoms with Crippen LogP contribution in [0.3, 0.4) is 0 Å². The van der Waals surface area contributed by atoms with Crippen LogP contribution in [0.25, 0.3) is 0 Å². The van der Waals surface area contributed by atoms with Crippen LogP contribution in [0.15, 0.2) is 15.5 Å². The standard InChI is InChI=1S/C14H23BrN4O2/c1-18(2)6-7-19-14(20)13(15)12(9-16-19)17-10-4-5-11(8-10)21-3/h9-11,17H,4-8H2,1-3H3. The first-order valence-electron chi connectivity index (χ1n) is 7.21. The van der Waals surface area contributed by atoms with Crippen LogP contribution in [-0.4, -0.2) is 54.6 Å². The molecule has 1 N–H and O–H groups in total. The lowest BCUT2D eigenvalue weighted by Crippen LogP contribution is -2.30. The Kier molecular flexibility index (Phi) is 5.78. The molecule has 1 aromatic rings. The van der Waals surface area contributed by atoms with Crippen LogP contribution in [0.4, 0.5) is 5.69 Å². The van der Waals surface area contributed by atoms with Gasteiger partial charge in [-0.2, -0.15) is 5.10 Å². The van der Waals surface area contributed by atoms with Gasteiger partial charge in [0.15, 0.2) is 0 Å². The number of ether oxygens (including phenoxy) is 1. The van der Waals surface area contributed by atoms with Crippen molar-refractivity contribution in [3.05, 3.63) is 21.0 Å². The minimum atomic E-state index is -0.0943. The molecule has 1 heterocycles. The third-order valence-electron chi connectivity index (χ3n) is 3.82. The highest BCUT2D eigenvalue weighted by Crippen LogP contribution is 2.26. The summed E-state index contributed by atoms with van der Waals surface area (Å²) in [7, 11) is 5.70. The quantitative estimate of drug-likeness (QED) is 0.835. The summed E-state index contributed by atoms with van der Waals surface area (Å²) in [5.74, 6) is 0. The number of nitrogens with one attached hydrogen (secondary N) is 1. The van der Waals surface area contributed by atoms with Gasteiger partial charge in [0.1, 0.15) is 4.47 Å². The Balaban J connectivity index is 2.05. The maximum Gasteiger partial charge on any atom is 0.283 e. The monoisotopic (exact) mass is 358 g/mol. The van der Waals surface area contributed by atoms with Gasteiger partial charge in [-0.15, -0.1) is 0 Å². The molecule has 1 fully saturated rings. The smallest absolute Gasteiger partial charge is 0.283 e. The summed E-state index contributed by atoms with van der Waals surface area (Å²) in [4.78, 5) is 14.3. The number of hydrogen-bond acceptors (Lipinski definition) is 5. The molecule has 0 bridgehead atoms. The first-order valence-corrected chi connectivity index (χ1v) is 8.00. The molecular weight excluding hydrogens is 336 g/mol. The minimum Gasteiger partial charge on any atom is -0.381 e. The van der Waals surface area contributed by atoms with Crippen molar-refractivity contribution >= 4 is 21.6 Å². The molecule has 2 unspecified atom stereocenters. The van der Waals surface area contributed by atoms with Crippen LogP contribution < -0.4 is 10.9 Å². The molecule has 0 amide bonds. The molecule has 2 atom stereocenters. The predicted molar refractivity (Wildman–Crippen MR) is 86.8 cm³/mol. The van der Waals surface area contributed by atoms with E-state index in [1.54, 1.807) is 13.3 Å². The topological polar surface area (TPSA) is 59.4 Å². The van der Waals surface area contributed by atoms with E-state index in [1.165, 1.54) is 4.68 Å². The van der Waals surface area contributed by atoms with E-state index in [0.29, 0.717) is 23.2 Å². The molecule has 118 valence electrons. The normalized spacial score (nSPS) is 22.0. The van der Waals surface area contributed by atoms with Crippen molar-refractivity contribution in [1.29, 1.82) is 0 Å². The van der Waals surface area contributed by atoms with Crippen molar-refractivity contribution in [1.82, 2.24) is 14.7 Å². The maximum atomic E-state index is 12.3. The van der Waals surface area contributed by atoms with Gasteiger partial charge in [-0.25, -0.2) is 4.68 Å².